The average molecular weight is 343 g/mol. The van der Waals surface area contributed by atoms with Crippen LogP contribution in [0, 0.1) is 3.57 Å². The summed E-state index contributed by atoms with van der Waals surface area (Å²) in [6, 6.07) is 9.18. The topological polar surface area (TPSA) is 67.0 Å². The van der Waals surface area contributed by atoms with E-state index >= 15 is 0 Å². The van der Waals surface area contributed by atoms with Gasteiger partial charge in [-0.1, -0.05) is 6.07 Å². The standard InChI is InChI=1S/C11H10IN3O2/c12-8-2-1-3-9(6-8)17-7-11(16)14-10-4-5-13-15-10/h1-6H,7H2,(H2,13,14,15,16). The largest absolute Gasteiger partial charge is 0.484 e. The predicted octanol–water partition coefficient (Wildman–Crippen LogP) is 2.03. The second-order valence-corrected chi connectivity index (χ2v) is 4.51. The number of carbonyl (C=O) groups excluding carboxylic acids is 1. The van der Waals surface area contributed by atoms with Crippen LogP contribution in [0.2, 0.25) is 0 Å². The van der Waals surface area contributed by atoms with Crippen LogP contribution >= 0.6 is 22.6 Å². The molecule has 1 aromatic heterocycles. The van der Waals surface area contributed by atoms with Crippen molar-refractivity contribution < 1.29 is 9.53 Å². The molecule has 0 saturated heterocycles. The van der Waals surface area contributed by atoms with E-state index < -0.39 is 0 Å². The van der Waals surface area contributed by atoms with Crippen molar-refractivity contribution >= 4 is 34.3 Å². The fourth-order valence-corrected chi connectivity index (χ4v) is 1.73. The van der Waals surface area contributed by atoms with Gasteiger partial charge in [0.05, 0.1) is 6.20 Å². The molecule has 0 spiro atoms. The highest BCUT2D eigenvalue weighted by molar-refractivity contribution is 14.1. The molecule has 0 aliphatic carbocycles. The van der Waals surface area contributed by atoms with Gasteiger partial charge in [0.2, 0.25) is 0 Å². The number of aromatic amines is 1. The zero-order valence-electron chi connectivity index (χ0n) is 8.81. The molecule has 0 bridgehead atoms. The highest BCUT2D eigenvalue weighted by atomic mass is 127. The van der Waals surface area contributed by atoms with Crippen molar-refractivity contribution in [3.63, 3.8) is 0 Å². The first-order chi connectivity index (χ1) is 8.24. The number of anilines is 1. The Morgan fingerprint density at radius 2 is 2.35 bits per heavy atom. The van der Waals surface area contributed by atoms with Crippen molar-refractivity contribution in [1.82, 2.24) is 10.2 Å². The number of nitrogens with zero attached hydrogens (tertiary/aromatic N) is 1. The Bertz CT molecular complexity index is 499. The summed E-state index contributed by atoms with van der Waals surface area (Å²) in [7, 11) is 0. The Morgan fingerprint density at radius 3 is 3.06 bits per heavy atom. The maximum atomic E-state index is 11.5. The van der Waals surface area contributed by atoms with Crippen LogP contribution in [0.15, 0.2) is 36.5 Å². The highest BCUT2D eigenvalue weighted by Gasteiger charge is 2.04. The summed E-state index contributed by atoms with van der Waals surface area (Å²) in [6.45, 7) is -0.0287. The number of hydrogen-bond acceptors (Lipinski definition) is 3. The minimum Gasteiger partial charge on any atom is -0.484 e. The molecular formula is C11H10IN3O2. The number of carbonyl (C=O) groups is 1. The Hall–Kier alpha value is -1.57. The van der Waals surface area contributed by atoms with Crippen molar-refractivity contribution in [2.45, 2.75) is 0 Å². The Balaban J connectivity index is 1.84. The van der Waals surface area contributed by atoms with Gasteiger partial charge in [0.1, 0.15) is 11.6 Å². The van der Waals surface area contributed by atoms with E-state index in [1.165, 1.54) is 0 Å². The summed E-state index contributed by atoms with van der Waals surface area (Å²) in [5.74, 6) is 1.01. The Morgan fingerprint density at radius 1 is 1.47 bits per heavy atom. The zero-order valence-corrected chi connectivity index (χ0v) is 11.0. The second-order valence-electron chi connectivity index (χ2n) is 3.26. The lowest BCUT2D eigenvalue weighted by atomic mass is 10.3. The monoisotopic (exact) mass is 343 g/mol. The minimum absolute atomic E-state index is 0.0287. The van der Waals surface area contributed by atoms with Crippen LogP contribution < -0.4 is 10.1 Å². The number of rotatable bonds is 4. The van der Waals surface area contributed by atoms with Gasteiger partial charge in [0.15, 0.2) is 6.61 Å². The van der Waals surface area contributed by atoms with Gasteiger partial charge < -0.3 is 10.1 Å². The molecule has 0 unspecified atom stereocenters. The van der Waals surface area contributed by atoms with E-state index in [4.69, 9.17) is 4.74 Å². The van der Waals surface area contributed by atoms with Gasteiger partial charge in [0, 0.05) is 9.64 Å². The van der Waals surface area contributed by atoms with Crippen LogP contribution in [0.5, 0.6) is 5.75 Å². The third kappa shape index (κ3) is 3.74. The van der Waals surface area contributed by atoms with Gasteiger partial charge in [-0.15, -0.1) is 0 Å². The third-order valence-electron chi connectivity index (χ3n) is 1.94. The first-order valence-corrected chi connectivity index (χ1v) is 5.99. The van der Waals surface area contributed by atoms with Crippen LogP contribution in [0.25, 0.3) is 0 Å². The molecular weight excluding hydrogens is 333 g/mol. The number of halogens is 1. The molecule has 0 saturated carbocycles. The van der Waals surface area contributed by atoms with Crippen LogP contribution in [0.1, 0.15) is 0 Å². The third-order valence-corrected chi connectivity index (χ3v) is 2.61. The fraction of sp³-hybridized carbons (Fsp3) is 0.0909. The summed E-state index contributed by atoms with van der Waals surface area (Å²) < 4.78 is 6.41. The summed E-state index contributed by atoms with van der Waals surface area (Å²) >= 11 is 2.19. The lowest BCUT2D eigenvalue weighted by Gasteiger charge is -2.06. The molecule has 0 aliphatic heterocycles. The molecule has 2 aromatic rings. The van der Waals surface area contributed by atoms with E-state index in [0.717, 1.165) is 3.57 Å². The van der Waals surface area contributed by atoms with Crippen molar-refractivity contribution in [3.05, 3.63) is 40.1 Å². The van der Waals surface area contributed by atoms with Crippen LogP contribution in [0.4, 0.5) is 5.82 Å². The molecule has 0 atom stereocenters. The zero-order chi connectivity index (χ0) is 12.1. The van der Waals surface area contributed by atoms with Crippen molar-refractivity contribution in [3.8, 4) is 5.75 Å². The first-order valence-electron chi connectivity index (χ1n) is 4.91. The SMILES string of the molecule is O=C(COc1cccc(I)c1)Nc1ccn[nH]1. The number of ether oxygens (including phenoxy) is 1. The molecule has 6 heteroatoms. The molecule has 0 fully saturated rings. The molecule has 2 N–H and O–H groups in total. The van der Waals surface area contributed by atoms with Crippen LogP contribution in [0.3, 0.4) is 0 Å². The van der Waals surface area contributed by atoms with E-state index in [0.29, 0.717) is 11.6 Å². The number of H-pyrrole nitrogens is 1. The molecule has 17 heavy (non-hydrogen) atoms. The molecule has 0 aliphatic rings. The average Bonchev–Trinajstić information content (AvgIpc) is 2.79. The Kier molecular flexibility index (Phi) is 3.97. The van der Waals surface area contributed by atoms with Crippen LogP contribution in [-0.2, 0) is 4.79 Å². The summed E-state index contributed by atoms with van der Waals surface area (Å²) in [5, 5.41) is 8.98. The van der Waals surface area contributed by atoms with Gasteiger partial charge >= 0.3 is 0 Å². The molecule has 1 amide bonds. The van der Waals surface area contributed by atoms with Gasteiger partial charge in [-0.2, -0.15) is 5.10 Å². The van der Waals surface area contributed by atoms with Crippen molar-refractivity contribution in [2.75, 3.05) is 11.9 Å². The van der Waals surface area contributed by atoms with Crippen LogP contribution in [-0.4, -0.2) is 22.7 Å². The van der Waals surface area contributed by atoms with Gasteiger partial charge in [0.25, 0.3) is 5.91 Å². The summed E-state index contributed by atoms with van der Waals surface area (Å²) in [6.07, 6.45) is 1.57. The molecule has 2 rings (SSSR count). The number of nitrogens with one attached hydrogen (secondary N) is 2. The summed E-state index contributed by atoms with van der Waals surface area (Å²) in [4.78, 5) is 11.5. The van der Waals surface area contributed by atoms with Gasteiger partial charge in [-0.3, -0.25) is 9.89 Å². The van der Waals surface area contributed by atoms with Gasteiger partial charge in [-0.25, -0.2) is 0 Å². The summed E-state index contributed by atoms with van der Waals surface area (Å²) in [5.41, 5.74) is 0. The number of hydrogen-bond donors (Lipinski definition) is 2. The maximum Gasteiger partial charge on any atom is 0.263 e. The van der Waals surface area contributed by atoms with Gasteiger partial charge in [-0.05, 0) is 40.8 Å². The number of amides is 1. The predicted molar refractivity (Wildman–Crippen MR) is 71.9 cm³/mol. The maximum absolute atomic E-state index is 11.5. The molecule has 1 heterocycles. The van der Waals surface area contributed by atoms with Crippen molar-refractivity contribution in [2.24, 2.45) is 0 Å². The normalized spacial score (nSPS) is 9.94. The van der Waals surface area contributed by atoms with Crippen molar-refractivity contribution in [1.29, 1.82) is 0 Å². The minimum atomic E-state index is -0.229. The first kappa shape index (κ1) is 11.9. The second kappa shape index (κ2) is 5.67. The molecule has 0 radical (unpaired) electrons. The lowest BCUT2D eigenvalue weighted by Crippen LogP contribution is -2.20. The highest BCUT2D eigenvalue weighted by Crippen LogP contribution is 2.14. The number of benzene rings is 1. The lowest BCUT2D eigenvalue weighted by molar-refractivity contribution is -0.118. The quantitative estimate of drug-likeness (QED) is 0.835. The molecule has 5 nitrogen and oxygen atoms in total. The van der Waals surface area contributed by atoms with E-state index in [-0.39, 0.29) is 12.5 Å². The van der Waals surface area contributed by atoms with E-state index in [9.17, 15) is 4.79 Å². The molecule has 88 valence electrons. The van der Waals surface area contributed by atoms with E-state index in [1.807, 2.05) is 24.3 Å². The fourth-order valence-electron chi connectivity index (χ4n) is 1.22. The van der Waals surface area contributed by atoms with E-state index in [1.54, 1.807) is 12.3 Å². The number of aromatic nitrogens is 2. The van der Waals surface area contributed by atoms with E-state index in [2.05, 4.69) is 38.1 Å². The Labute approximate surface area is 112 Å². The smallest absolute Gasteiger partial charge is 0.263 e. The molecule has 1 aromatic carbocycles.